The molecule has 0 amide bonds. The molecule has 82 valence electrons. The third-order valence-corrected chi connectivity index (χ3v) is 2.73. The minimum atomic E-state index is -0.164. The molecular formula is C11H15NO3. The van der Waals surface area contributed by atoms with Crippen LogP contribution in [0.15, 0.2) is 16.9 Å². The van der Waals surface area contributed by atoms with Gasteiger partial charge in [-0.05, 0) is 25.8 Å². The normalized spacial score (nSPS) is 20.7. The van der Waals surface area contributed by atoms with E-state index in [-0.39, 0.29) is 17.4 Å². The molecular weight excluding hydrogens is 194 g/mol. The highest BCUT2D eigenvalue weighted by atomic mass is 16.5. The summed E-state index contributed by atoms with van der Waals surface area (Å²) < 4.78 is 7.12. The molecule has 1 saturated heterocycles. The Morgan fingerprint density at radius 2 is 2.40 bits per heavy atom. The lowest BCUT2D eigenvalue weighted by Crippen LogP contribution is -2.27. The molecule has 0 radical (unpaired) electrons. The highest BCUT2D eigenvalue weighted by molar-refractivity contribution is 5.21. The van der Waals surface area contributed by atoms with E-state index in [2.05, 4.69) is 0 Å². The van der Waals surface area contributed by atoms with E-state index in [9.17, 15) is 9.90 Å². The number of ether oxygens (including phenoxy) is 1. The fourth-order valence-corrected chi connectivity index (χ4v) is 1.94. The van der Waals surface area contributed by atoms with Gasteiger partial charge in [-0.15, -0.1) is 0 Å². The van der Waals surface area contributed by atoms with E-state index >= 15 is 0 Å². The lowest BCUT2D eigenvalue weighted by atomic mass is 10.2. The number of hydrogen-bond donors (Lipinski definition) is 1. The summed E-state index contributed by atoms with van der Waals surface area (Å²) in [4.78, 5) is 11.6. The van der Waals surface area contributed by atoms with Crippen molar-refractivity contribution < 1.29 is 9.84 Å². The highest BCUT2D eigenvalue weighted by Crippen LogP contribution is 2.15. The maximum Gasteiger partial charge on any atom is 0.254 e. The molecule has 0 aromatic carbocycles. The van der Waals surface area contributed by atoms with E-state index in [0.717, 1.165) is 25.1 Å². The number of pyridine rings is 1. The Bertz CT molecular complexity index is 405. The van der Waals surface area contributed by atoms with Gasteiger partial charge in [0.25, 0.3) is 5.56 Å². The van der Waals surface area contributed by atoms with Gasteiger partial charge in [0.15, 0.2) is 0 Å². The number of hydrogen-bond acceptors (Lipinski definition) is 3. The highest BCUT2D eigenvalue weighted by Gasteiger charge is 2.17. The van der Waals surface area contributed by atoms with Crippen molar-refractivity contribution in [2.75, 3.05) is 6.61 Å². The molecule has 1 N–H and O–H groups in total. The molecule has 1 aliphatic heterocycles. The van der Waals surface area contributed by atoms with Crippen LogP contribution in [0.3, 0.4) is 0 Å². The molecule has 4 nitrogen and oxygen atoms in total. The maximum atomic E-state index is 11.6. The minimum Gasteiger partial charge on any atom is -0.508 e. The smallest absolute Gasteiger partial charge is 0.254 e. The zero-order valence-electron chi connectivity index (χ0n) is 8.77. The molecule has 2 rings (SSSR count). The van der Waals surface area contributed by atoms with Crippen molar-refractivity contribution in [3.8, 4) is 5.75 Å². The van der Waals surface area contributed by atoms with E-state index in [1.165, 1.54) is 6.07 Å². The van der Waals surface area contributed by atoms with Gasteiger partial charge in [-0.25, -0.2) is 0 Å². The SMILES string of the molecule is Cc1cc(O)cc(=O)n1C[C@H]1CCCO1. The van der Waals surface area contributed by atoms with Crippen molar-refractivity contribution in [1.82, 2.24) is 4.57 Å². The minimum absolute atomic E-state index is 0.0288. The summed E-state index contributed by atoms with van der Waals surface area (Å²) in [6.07, 6.45) is 2.22. The molecule has 1 fully saturated rings. The largest absolute Gasteiger partial charge is 0.508 e. The second-order valence-electron chi connectivity index (χ2n) is 3.94. The molecule has 1 aromatic rings. The van der Waals surface area contributed by atoms with Crippen LogP contribution in [-0.2, 0) is 11.3 Å². The average molecular weight is 209 g/mol. The standard InChI is InChI=1S/C11H15NO3/c1-8-5-9(13)6-11(14)12(8)7-10-3-2-4-15-10/h5-6,10,13H,2-4,7H2,1H3/t10-/m1/s1. The van der Waals surface area contributed by atoms with E-state index in [1.54, 1.807) is 10.6 Å². The van der Waals surface area contributed by atoms with Gasteiger partial charge >= 0.3 is 0 Å². The van der Waals surface area contributed by atoms with Gasteiger partial charge in [-0.1, -0.05) is 0 Å². The Morgan fingerprint density at radius 1 is 1.60 bits per heavy atom. The quantitative estimate of drug-likeness (QED) is 0.791. The lowest BCUT2D eigenvalue weighted by molar-refractivity contribution is 0.0956. The van der Waals surface area contributed by atoms with Crippen molar-refractivity contribution >= 4 is 0 Å². The maximum absolute atomic E-state index is 11.6. The Morgan fingerprint density at radius 3 is 3.00 bits per heavy atom. The summed E-state index contributed by atoms with van der Waals surface area (Å²) in [6, 6.07) is 2.83. The van der Waals surface area contributed by atoms with Crippen LogP contribution in [0.5, 0.6) is 5.75 Å². The van der Waals surface area contributed by atoms with Crippen molar-refractivity contribution in [3.63, 3.8) is 0 Å². The summed E-state index contributed by atoms with van der Waals surface area (Å²) in [7, 11) is 0. The average Bonchev–Trinajstić information content (AvgIpc) is 2.63. The van der Waals surface area contributed by atoms with Crippen LogP contribution in [0.25, 0.3) is 0 Å². The molecule has 1 aliphatic rings. The number of nitrogens with zero attached hydrogens (tertiary/aromatic N) is 1. The number of aromatic nitrogens is 1. The molecule has 1 aromatic heterocycles. The fourth-order valence-electron chi connectivity index (χ4n) is 1.94. The number of aryl methyl sites for hydroxylation is 1. The van der Waals surface area contributed by atoms with Crippen LogP contribution in [0, 0.1) is 6.92 Å². The van der Waals surface area contributed by atoms with Gasteiger partial charge in [-0.2, -0.15) is 0 Å². The second kappa shape index (κ2) is 4.06. The van der Waals surface area contributed by atoms with Gasteiger partial charge < -0.3 is 14.4 Å². The monoisotopic (exact) mass is 209 g/mol. The number of aromatic hydroxyl groups is 1. The van der Waals surface area contributed by atoms with E-state index in [4.69, 9.17) is 4.74 Å². The van der Waals surface area contributed by atoms with Crippen molar-refractivity contribution in [3.05, 3.63) is 28.2 Å². The van der Waals surface area contributed by atoms with Crippen molar-refractivity contribution in [1.29, 1.82) is 0 Å². The van der Waals surface area contributed by atoms with Gasteiger partial charge in [0, 0.05) is 18.4 Å². The molecule has 15 heavy (non-hydrogen) atoms. The first-order valence-electron chi connectivity index (χ1n) is 5.19. The Balaban J connectivity index is 2.23. The van der Waals surface area contributed by atoms with Gasteiger partial charge in [0.1, 0.15) is 5.75 Å². The van der Waals surface area contributed by atoms with Crippen LogP contribution in [-0.4, -0.2) is 22.4 Å². The zero-order valence-corrected chi connectivity index (χ0v) is 8.77. The molecule has 0 saturated carbocycles. The molecule has 1 atom stereocenters. The zero-order chi connectivity index (χ0) is 10.8. The lowest BCUT2D eigenvalue weighted by Gasteiger charge is -2.14. The first-order valence-corrected chi connectivity index (χ1v) is 5.19. The van der Waals surface area contributed by atoms with Crippen molar-refractivity contribution in [2.24, 2.45) is 0 Å². The summed E-state index contributed by atoms with van der Waals surface area (Å²) in [5, 5.41) is 9.23. The van der Waals surface area contributed by atoms with Crippen LogP contribution < -0.4 is 5.56 Å². The molecule has 0 bridgehead atoms. The van der Waals surface area contributed by atoms with E-state index < -0.39 is 0 Å². The van der Waals surface area contributed by atoms with Gasteiger partial charge in [0.2, 0.25) is 0 Å². The van der Waals surface area contributed by atoms with Crippen molar-refractivity contribution in [2.45, 2.75) is 32.4 Å². The summed E-state index contributed by atoms with van der Waals surface area (Å²) >= 11 is 0. The van der Waals surface area contributed by atoms with Crippen LogP contribution in [0.2, 0.25) is 0 Å². The predicted molar refractivity (Wildman–Crippen MR) is 56.1 cm³/mol. The van der Waals surface area contributed by atoms with Gasteiger partial charge in [0.05, 0.1) is 12.6 Å². The molecule has 4 heteroatoms. The van der Waals surface area contributed by atoms with Crippen LogP contribution >= 0.6 is 0 Å². The Kier molecular flexibility index (Phi) is 2.77. The van der Waals surface area contributed by atoms with Gasteiger partial charge in [-0.3, -0.25) is 4.79 Å². The number of rotatable bonds is 2. The fraction of sp³-hybridized carbons (Fsp3) is 0.545. The first kappa shape index (κ1) is 10.2. The van der Waals surface area contributed by atoms with E-state index in [0.29, 0.717) is 6.54 Å². The topological polar surface area (TPSA) is 51.5 Å². The molecule has 2 heterocycles. The Hall–Kier alpha value is -1.29. The first-order chi connectivity index (χ1) is 7.16. The summed E-state index contributed by atoms with van der Waals surface area (Å²) in [6.45, 7) is 3.19. The van der Waals surface area contributed by atoms with Crippen LogP contribution in [0.4, 0.5) is 0 Å². The second-order valence-corrected chi connectivity index (χ2v) is 3.94. The van der Waals surface area contributed by atoms with Crippen LogP contribution in [0.1, 0.15) is 18.5 Å². The molecule has 0 aliphatic carbocycles. The predicted octanol–water partition coefficient (Wildman–Crippen LogP) is 1.04. The summed E-state index contributed by atoms with van der Waals surface area (Å²) in [5.41, 5.74) is 0.610. The molecule has 0 spiro atoms. The molecule has 0 unspecified atom stereocenters. The third-order valence-electron chi connectivity index (χ3n) is 2.73. The summed E-state index contributed by atoms with van der Waals surface area (Å²) in [5.74, 6) is 0.0288. The van der Waals surface area contributed by atoms with E-state index in [1.807, 2.05) is 6.92 Å². The third kappa shape index (κ3) is 2.21. The Labute approximate surface area is 88.1 Å².